The summed E-state index contributed by atoms with van der Waals surface area (Å²) in [5, 5.41) is 1.18. The number of hydrogen-bond acceptors (Lipinski definition) is 3. The van der Waals surface area contributed by atoms with Gasteiger partial charge < -0.3 is 10.3 Å². The van der Waals surface area contributed by atoms with Gasteiger partial charge in [0.25, 0.3) is 0 Å². The van der Waals surface area contributed by atoms with Gasteiger partial charge in [-0.05, 0) is 24.6 Å². The molecule has 0 atom stereocenters. The summed E-state index contributed by atoms with van der Waals surface area (Å²) in [6.07, 6.45) is 4.92. The molecule has 20 heavy (non-hydrogen) atoms. The van der Waals surface area contributed by atoms with E-state index in [9.17, 15) is 0 Å². The van der Waals surface area contributed by atoms with Crippen molar-refractivity contribution in [2.45, 2.75) is 19.9 Å². The Hall–Kier alpha value is -1.88. The van der Waals surface area contributed by atoms with Gasteiger partial charge in [0.15, 0.2) is 0 Å². The first-order valence-corrected chi connectivity index (χ1v) is 7.35. The smallest absolute Gasteiger partial charge is 0.220 e. The molecule has 0 amide bonds. The van der Waals surface area contributed by atoms with Crippen molar-refractivity contribution in [1.82, 2.24) is 14.5 Å². The predicted octanol–water partition coefficient (Wildman–Crippen LogP) is 3.85. The van der Waals surface area contributed by atoms with Gasteiger partial charge in [-0.25, -0.2) is 9.97 Å². The van der Waals surface area contributed by atoms with Gasteiger partial charge in [0, 0.05) is 39.9 Å². The Bertz CT molecular complexity index is 764. The molecule has 4 nitrogen and oxygen atoms in total. The van der Waals surface area contributed by atoms with E-state index in [0.29, 0.717) is 5.95 Å². The van der Waals surface area contributed by atoms with Crippen molar-refractivity contribution in [2.75, 3.05) is 5.73 Å². The van der Waals surface area contributed by atoms with Crippen LogP contribution in [-0.4, -0.2) is 14.5 Å². The number of benzene rings is 1. The molecule has 1 aromatic carbocycles. The number of nitrogen functional groups attached to an aromatic ring is 1. The minimum Gasteiger partial charge on any atom is -0.368 e. The number of hydrogen-bond donors (Lipinski definition) is 1. The number of nitrogens with two attached hydrogens (primary N) is 1. The summed E-state index contributed by atoms with van der Waals surface area (Å²) in [5.41, 5.74) is 8.85. The topological polar surface area (TPSA) is 56.7 Å². The second kappa shape index (κ2) is 5.25. The van der Waals surface area contributed by atoms with E-state index in [1.165, 1.54) is 10.9 Å². The zero-order valence-corrected chi connectivity index (χ0v) is 12.8. The molecule has 5 heteroatoms. The van der Waals surface area contributed by atoms with E-state index in [2.05, 4.69) is 55.7 Å². The Balaban J connectivity index is 2.25. The third kappa shape index (κ3) is 2.29. The lowest BCUT2D eigenvalue weighted by Gasteiger charge is -2.02. The van der Waals surface area contributed by atoms with Gasteiger partial charge in [-0.1, -0.05) is 28.9 Å². The maximum Gasteiger partial charge on any atom is 0.220 e. The fourth-order valence-corrected chi connectivity index (χ4v) is 2.77. The van der Waals surface area contributed by atoms with Gasteiger partial charge in [0.2, 0.25) is 5.95 Å². The number of anilines is 1. The molecule has 3 rings (SSSR count). The highest BCUT2D eigenvalue weighted by molar-refractivity contribution is 9.10. The van der Waals surface area contributed by atoms with Gasteiger partial charge in [-0.2, -0.15) is 0 Å². The standard InChI is InChI=1S/C15H15BrN4/c1-2-7-20-9-12(13-5-6-18-15(17)19-13)11-4-3-10(16)8-14(11)20/h3-6,8-9H,2,7H2,1H3,(H2,17,18,19). The highest BCUT2D eigenvalue weighted by atomic mass is 79.9. The van der Waals surface area contributed by atoms with Crippen molar-refractivity contribution >= 4 is 32.8 Å². The van der Waals surface area contributed by atoms with E-state index in [1.54, 1.807) is 6.20 Å². The number of aromatic nitrogens is 3. The van der Waals surface area contributed by atoms with Gasteiger partial charge in [-0.15, -0.1) is 0 Å². The first-order valence-electron chi connectivity index (χ1n) is 6.56. The van der Waals surface area contributed by atoms with Crippen LogP contribution < -0.4 is 5.73 Å². The van der Waals surface area contributed by atoms with E-state index in [0.717, 1.165) is 28.7 Å². The van der Waals surface area contributed by atoms with Gasteiger partial charge in [-0.3, -0.25) is 0 Å². The lowest BCUT2D eigenvalue weighted by atomic mass is 10.1. The Morgan fingerprint density at radius 1 is 1.30 bits per heavy atom. The predicted molar refractivity (Wildman–Crippen MR) is 85.4 cm³/mol. The Kier molecular flexibility index (Phi) is 3.44. The molecule has 0 saturated carbocycles. The first-order chi connectivity index (χ1) is 9.69. The summed E-state index contributed by atoms with van der Waals surface area (Å²) in [6.45, 7) is 3.15. The molecule has 102 valence electrons. The zero-order valence-electron chi connectivity index (χ0n) is 11.2. The summed E-state index contributed by atoms with van der Waals surface area (Å²) < 4.78 is 3.34. The van der Waals surface area contributed by atoms with Crippen LogP contribution in [-0.2, 0) is 6.54 Å². The lowest BCUT2D eigenvalue weighted by molar-refractivity contribution is 0.704. The van der Waals surface area contributed by atoms with Crippen LogP contribution in [0.1, 0.15) is 13.3 Å². The number of rotatable bonds is 3. The van der Waals surface area contributed by atoms with Gasteiger partial charge >= 0.3 is 0 Å². The van der Waals surface area contributed by atoms with E-state index in [1.807, 2.05) is 12.1 Å². The average Bonchev–Trinajstić information content (AvgIpc) is 2.78. The minimum absolute atomic E-state index is 0.302. The molecule has 2 N–H and O–H groups in total. The monoisotopic (exact) mass is 330 g/mol. The van der Waals surface area contributed by atoms with E-state index < -0.39 is 0 Å². The number of halogens is 1. The SMILES string of the molecule is CCCn1cc(-c2ccnc(N)n2)c2ccc(Br)cc21. The van der Waals surface area contributed by atoms with Crippen LogP contribution in [0.5, 0.6) is 0 Å². The second-order valence-corrected chi connectivity index (χ2v) is 5.61. The second-order valence-electron chi connectivity index (χ2n) is 4.70. The van der Waals surface area contributed by atoms with E-state index in [-0.39, 0.29) is 0 Å². The molecular weight excluding hydrogens is 316 g/mol. The quantitative estimate of drug-likeness (QED) is 0.793. The summed E-state index contributed by atoms with van der Waals surface area (Å²) >= 11 is 3.54. The third-order valence-corrected chi connectivity index (χ3v) is 3.75. The van der Waals surface area contributed by atoms with Crippen LogP contribution >= 0.6 is 15.9 Å². The van der Waals surface area contributed by atoms with Crippen LogP contribution in [0.2, 0.25) is 0 Å². The van der Waals surface area contributed by atoms with Crippen molar-refractivity contribution < 1.29 is 0 Å². The first kappa shape index (κ1) is 13.1. The normalized spacial score (nSPS) is 11.1. The fraction of sp³-hybridized carbons (Fsp3) is 0.200. The molecule has 2 aromatic heterocycles. The highest BCUT2D eigenvalue weighted by Crippen LogP contribution is 2.31. The molecule has 0 bridgehead atoms. The molecule has 0 aliphatic rings. The molecule has 0 aliphatic heterocycles. The minimum atomic E-state index is 0.302. The lowest BCUT2D eigenvalue weighted by Crippen LogP contribution is -1.95. The van der Waals surface area contributed by atoms with Crippen molar-refractivity contribution in [2.24, 2.45) is 0 Å². The molecule has 0 radical (unpaired) electrons. The van der Waals surface area contributed by atoms with Crippen molar-refractivity contribution in [3.05, 3.63) is 41.1 Å². The third-order valence-electron chi connectivity index (χ3n) is 3.26. The molecule has 0 spiro atoms. The largest absolute Gasteiger partial charge is 0.368 e. The van der Waals surface area contributed by atoms with Crippen molar-refractivity contribution in [3.63, 3.8) is 0 Å². The maximum atomic E-state index is 5.69. The number of aryl methyl sites for hydroxylation is 1. The molecule has 0 unspecified atom stereocenters. The fourth-order valence-electron chi connectivity index (χ4n) is 2.42. The Morgan fingerprint density at radius 3 is 2.90 bits per heavy atom. The van der Waals surface area contributed by atoms with Crippen molar-refractivity contribution in [1.29, 1.82) is 0 Å². The summed E-state index contributed by atoms with van der Waals surface area (Å²) in [5.74, 6) is 0.302. The molecular formula is C15H15BrN4. The van der Waals surface area contributed by atoms with Crippen LogP contribution in [0.3, 0.4) is 0 Å². The average molecular weight is 331 g/mol. The number of nitrogens with zero attached hydrogens (tertiary/aromatic N) is 3. The molecule has 2 heterocycles. The highest BCUT2D eigenvalue weighted by Gasteiger charge is 2.11. The maximum absolute atomic E-state index is 5.69. The Morgan fingerprint density at radius 2 is 2.15 bits per heavy atom. The summed E-state index contributed by atoms with van der Waals surface area (Å²) in [7, 11) is 0. The molecule has 0 aliphatic carbocycles. The van der Waals surface area contributed by atoms with Crippen LogP contribution in [0.25, 0.3) is 22.2 Å². The van der Waals surface area contributed by atoms with Crippen LogP contribution in [0, 0.1) is 0 Å². The van der Waals surface area contributed by atoms with Crippen molar-refractivity contribution in [3.8, 4) is 11.3 Å². The van der Waals surface area contributed by atoms with Gasteiger partial charge in [0.1, 0.15) is 0 Å². The molecule has 0 saturated heterocycles. The summed E-state index contributed by atoms with van der Waals surface area (Å²) in [6, 6.07) is 8.19. The van der Waals surface area contributed by atoms with Gasteiger partial charge in [0.05, 0.1) is 5.69 Å². The van der Waals surface area contributed by atoms with E-state index >= 15 is 0 Å². The number of fused-ring (bicyclic) bond motifs is 1. The van der Waals surface area contributed by atoms with Crippen LogP contribution in [0.4, 0.5) is 5.95 Å². The molecule has 3 aromatic rings. The zero-order chi connectivity index (χ0) is 14.1. The summed E-state index contributed by atoms with van der Waals surface area (Å²) in [4.78, 5) is 8.29. The molecule has 0 fully saturated rings. The Labute approximate surface area is 125 Å². The van der Waals surface area contributed by atoms with Crippen LogP contribution in [0.15, 0.2) is 41.1 Å². The van der Waals surface area contributed by atoms with E-state index in [4.69, 9.17) is 5.73 Å².